The van der Waals surface area contributed by atoms with Crippen LogP contribution < -0.4 is 0 Å². The van der Waals surface area contributed by atoms with E-state index in [0.717, 1.165) is 0 Å². The van der Waals surface area contributed by atoms with Crippen molar-refractivity contribution in [2.45, 2.75) is 0 Å². The maximum atomic E-state index is 9.74. The fourth-order valence-corrected chi connectivity index (χ4v) is 1.17. The van der Waals surface area contributed by atoms with Crippen LogP contribution in [0, 0.1) is 0 Å². The van der Waals surface area contributed by atoms with E-state index in [9.17, 15) is 9.59 Å². The number of rotatable bonds is 2. The van der Waals surface area contributed by atoms with E-state index in [1.54, 1.807) is 0 Å². The Kier molecular flexibility index (Phi) is 4.33. The molecule has 0 amide bonds. The monoisotopic (exact) mass is 168 g/mol. The van der Waals surface area contributed by atoms with Gasteiger partial charge in [0.05, 0.1) is 5.08 Å². The van der Waals surface area contributed by atoms with Crippen molar-refractivity contribution in [2.75, 3.05) is 5.08 Å². The SMILES string of the molecule is O=C(O)SCSC(=O)O. The molecule has 0 bridgehead atoms. The molecule has 0 aliphatic heterocycles. The maximum absolute atomic E-state index is 9.74. The molecule has 0 aromatic carbocycles. The highest BCUT2D eigenvalue weighted by Gasteiger charge is 2.00. The fourth-order valence-electron chi connectivity index (χ4n) is 0.130. The number of hydrogen-bond donors (Lipinski definition) is 2. The second-order valence-electron chi connectivity index (χ2n) is 0.938. The summed E-state index contributed by atoms with van der Waals surface area (Å²) in [5.74, 6) is 0. The average molecular weight is 168 g/mol. The second-order valence-corrected chi connectivity index (χ2v) is 3.16. The maximum Gasteiger partial charge on any atom is 0.365 e. The van der Waals surface area contributed by atoms with Crippen LogP contribution in [0.4, 0.5) is 9.59 Å². The van der Waals surface area contributed by atoms with Gasteiger partial charge < -0.3 is 10.2 Å². The third kappa shape index (κ3) is 7.64. The topological polar surface area (TPSA) is 74.6 Å². The Balaban J connectivity index is 3.10. The lowest BCUT2D eigenvalue weighted by atomic mass is 11.6. The van der Waals surface area contributed by atoms with E-state index in [4.69, 9.17) is 10.2 Å². The first-order valence-corrected chi connectivity index (χ1v) is 3.81. The van der Waals surface area contributed by atoms with Crippen LogP contribution in [0.5, 0.6) is 0 Å². The summed E-state index contributed by atoms with van der Waals surface area (Å²) in [6.07, 6.45) is 0. The van der Waals surface area contributed by atoms with E-state index >= 15 is 0 Å². The minimum Gasteiger partial charge on any atom is -0.473 e. The number of carbonyl (C=O) groups is 2. The van der Waals surface area contributed by atoms with E-state index in [-0.39, 0.29) is 5.08 Å². The third-order valence-corrected chi connectivity index (χ3v) is 1.80. The van der Waals surface area contributed by atoms with Gasteiger partial charge in [0.15, 0.2) is 0 Å². The van der Waals surface area contributed by atoms with Gasteiger partial charge in [-0.1, -0.05) is 0 Å². The van der Waals surface area contributed by atoms with Gasteiger partial charge >= 0.3 is 10.6 Å². The van der Waals surface area contributed by atoms with Crippen LogP contribution in [-0.2, 0) is 0 Å². The first kappa shape index (κ1) is 8.64. The minimum absolute atomic E-state index is 0.0463. The quantitative estimate of drug-likeness (QED) is 0.612. The molecule has 0 aliphatic carbocycles. The highest BCUT2D eigenvalue weighted by molar-refractivity contribution is 8.28. The van der Waals surface area contributed by atoms with Crippen LogP contribution in [0.25, 0.3) is 0 Å². The van der Waals surface area contributed by atoms with Gasteiger partial charge in [-0.3, -0.25) is 0 Å². The van der Waals surface area contributed by atoms with Crippen LogP contribution in [0.2, 0.25) is 0 Å². The molecular weight excluding hydrogens is 164 g/mol. The van der Waals surface area contributed by atoms with E-state index in [2.05, 4.69) is 0 Å². The van der Waals surface area contributed by atoms with E-state index in [1.807, 2.05) is 0 Å². The molecule has 0 saturated carbocycles. The van der Waals surface area contributed by atoms with Crippen molar-refractivity contribution in [1.82, 2.24) is 0 Å². The fraction of sp³-hybridized carbons (Fsp3) is 0.333. The van der Waals surface area contributed by atoms with Gasteiger partial charge in [0.2, 0.25) is 0 Å². The minimum atomic E-state index is -1.05. The highest BCUT2D eigenvalue weighted by atomic mass is 32.2. The van der Waals surface area contributed by atoms with Crippen LogP contribution in [0.15, 0.2) is 0 Å². The van der Waals surface area contributed by atoms with Gasteiger partial charge in [0.1, 0.15) is 0 Å². The Morgan fingerprint density at radius 3 is 1.67 bits per heavy atom. The smallest absolute Gasteiger partial charge is 0.365 e. The predicted octanol–water partition coefficient (Wildman–Crippen LogP) is 1.77. The van der Waals surface area contributed by atoms with E-state index in [0.29, 0.717) is 23.5 Å². The molecule has 0 atom stereocenters. The van der Waals surface area contributed by atoms with Crippen molar-refractivity contribution >= 4 is 34.1 Å². The zero-order valence-corrected chi connectivity index (χ0v) is 5.87. The lowest BCUT2D eigenvalue weighted by Gasteiger charge is -1.88. The molecule has 0 aromatic heterocycles. The van der Waals surface area contributed by atoms with Gasteiger partial charge in [0, 0.05) is 0 Å². The van der Waals surface area contributed by atoms with Gasteiger partial charge in [-0.2, -0.15) is 0 Å². The summed E-state index contributed by atoms with van der Waals surface area (Å²) in [4.78, 5) is 19.5. The molecule has 0 rings (SSSR count). The lowest BCUT2D eigenvalue weighted by molar-refractivity contribution is 0.221. The van der Waals surface area contributed by atoms with Crippen LogP contribution in [0.1, 0.15) is 0 Å². The largest absolute Gasteiger partial charge is 0.473 e. The summed E-state index contributed by atoms with van der Waals surface area (Å²) in [6, 6.07) is 0. The van der Waals surface area contributed by atoms with Crippen molar-refractivity contribution in [1.29, 1.82) is 0 Å². The van der Waals surface area contributed by atoms with Crippen molar-refractivity contribution < 1.29 is 19.8 Å². The van der Waals surface area contributed by atoms with Crippen LogP contribution in [0.3, 0.4) is 0 Å². The Morgan fingerprint density at radius 2 is 1.44 bits per heavy atom. The summed E-state index contributed by atoms with van der Waals surface area (Å²) in [5, 5.41) is 13.9. The first-order chi connectivity index (χ1) is 4.13. The molecule has 0 saturated heterocycles. The predicted molar refractivity (Wildman–Crippen MR) is 36.1 cm³/mol. The number of carboxylic acid groups (broad SMARTS) is 2. The molecule has 0 radical (unpaired) electrons. The van der Waals surface area contributed by atoms with Crippen molar-refractivity contribution in [3.8, 4) is 0 Å². The molecule has 52 valence electrons. The van der Waals surface area contributed by atoms with Gasteiger partial charge in [-0.05, 0) is 23.5 Å². The van der Waals surface area contributed by atoms with Crippen molar-refractivity contribution in [3.63, 3.8) is 0 Å². The van der Waals surface area contributed by atoms with Gasteiger partial charge in [-0.25, -0.2) is 9.59 Å². The Labute approximate surface area is 59.6 Å². The van der Waals surface area contributed by atoms with Crippen LogP contribution >= 0.6 is 23.5 Å². The van der Waals surface area contributed by atoms with Gasteiger partial charge in [0.25, 0.3) is 0 Å². The molecule has 0 fully saturated rings. The normalized spacial score (nSPS) is 8.89. The Morgan fingerprint density at radius 1 is 1.11 bits per heavy atom. The molecule has 2 N–H and O–H groups in total. The molecule has 0 unspecified atom stereocenters. The molecule has 6 heteroatoms. The Bertz CT molecular complexity index is 109. The van der Waals surface area contributed by atoms with Crippen molar-refractivity contribution in [3.05, 3.63) is 0 Å². The molecule has 0 aliphatic rings. The zero-order chi connectivity index (χ0) is 7.28. The summed E-state index contributed by atoms with van der Waals surface area (Å²) < 4.78 is 0. The van der Waals surface area contributed by atoms with Crippen molar-refractivity contribution in [2.24, 2.45) is 0 Å². The second kappa shape index (κ2) is 4.51. The van der Waals surface area contributed by atoms with E-state index < -0.39 is 10.6 Å². The average Bonchev–Trinajstić information content (AvgIpc) is 1.63. The lowest BCUT2D eigenvalue weighted by Crippen LogP contribution is -1.87. The summed E-state index contributed by atoms with van der Waals surface area (Å²) in [6.45, 7) is 0. The highest BCUT2D eigenvalue weighted by Crippen LogP contribution is 2.12. The molecule has 9 heavy (non-hydrogen) atoms. The third-order valence-electron chi connectivity index (χ3n) is 0.365. The standard InChI is InChI=1S/C3H4O4S2/c4-2(5)8-1-9-3(6)7/h1H2,(H,4,5)(H,6,7). The molecular formula is C3H4O4S2. The molecule has 0 aromatic rings. The molecule has 0 heterocycles. The Hall–Kier alpha value is -0.360. The van der Waals surface area contributed by atoms with Gasteiger partial charge in [-0.15, -0.1) is 0 Å². The summed E-state index contributed by atoms with van der Waals surface area (Å²) in [5.41, 5.74) is 0. The zero-order valence-electron chi connectivity index (χ0n) is 4.23. The van der Waals surface area contributed by atoms with Crippen LogP contribution in [-0.4, -0.2) is 25.9 Å². The molecule has 0 spiro atoms. The first-order valence-electron chi connectivity index (χ1n) is 1.84. The summed E-state index contributed by atoms with van der Waals surface area (Å²) >= 11 is 1.12. The number of hydrogen-bond acceptors (Lipinski definition) is 4. The molecule has 4 nitrogen and oxygen atoms in total. The number of thioether (sulfide) groups is 2. The van der Waals surface area contributed by atoms with E-state index in [1.165, 1.54) is 0 Å². The summed E-state index contributed by atoms with van der Waals surface area (Å²) in [7, 11) is 0.